The minimum atomic E-state index is -0.587. The molecule has 1 aromatic carbocycles. The van der Waals surface area contributed by atoms with Crippen molar-refractivity contribution < 1.29 is 9.53 Å². The number of aryl methyl sites for hydroxylation is 2. The zero-order valence-electron chi connectivity index (χ0n) is 12.3. The van der Waals surface area contributed by atoms with Gasteiger partial charge < -0.3 is 4.74 Å². The van der Waals surface area contributed by atoms with Crippen molar-refractivity contribution in [1.29, 1.82) is 0 Å². The Balaban J connectivity index is 2.34. The van der Waals surface area contributed by atoms with Crippen LogP contribution in [0.1, 0.15) is 60.0 Å². The smallest absolute Gasteiger partial charge is 0.194 e. The van der Waals surface area contributed by atoms with Crippen molar-refractivity contribution in [1.82, 2.24) is 0 Å². The first-order valence-corrected chi connectivity index (χ1v) is 7.26. The third kappa shape index (κ3) is 2.89. The molecule has 104 valence electrons. The molecular weight excluding hydrogens is 236 g/mol. The summed E-state index contributed by atoms with van der Waals surface area (Å²) in [5, 5.41) is 0. The van der Waals surface area contributed by atoms with Gasteiger partial charge in [0.05, 0.1) is 0 Å². The van der Waals surface area contributed by atoms with Gasteiger partial charge in [0.15, 0.2) is 5.78 Å². The van der Waals surface area contributed by atoms with Crippen LogP contribution in [-0.2, 0) is 4.74 Å². The molecule has 0 spiro atoms. The highest BCUT2D eigenvalue weighted by atomic mass is 16.5. The zero-order valence-corrected chi connectivity index (χ0v) is 12.3. The first-order chi connectivity index (χ1) is 9.09. The lowest BCUT2D eigenvalue weighted by atomic mass is 9.84. The highest BCUT2D eigenvalue weighted by molar-refractivity contribution is 6.03. The van der Waals surface area contributed by atoms with E-state index in [1.54, 1.807) is 7.11 Å². The van der Waals surface area contributed by atoms with Crippen LogP contribution in [0, 0.1) is 13.8 Å². The van der Waals surface area contributed by atoms with Crippen LogP contribution < -0.4 is 0 Å². The molecule has 0 radical (unpaired) electrons. The maximum atomic E-state index is 12.9. The number of benzene rings is 1. The van der Waals surface area contributed by atoms with Crippen LogP contribution >= 0.6 is 0 Å². The Labute approximate surface area is 116 Å². The third-order valence-corrected chi connectivity index (χ3v) is 4.34. The monoisotopic (exact) mass is 260 g/mol. The normalized spacial score (nSPS) is 18.9. The molecule has 0 atom stereocenters. The number of methoxy groups -OCH3 is 1. The fourth-order valence-corrected chi connectivity index (χ4v) is 3.14. The van der Waals surface area contributed by atoms with E-state index in [9.17, 15) is 4.79 Å². The molecule has 0 amide bonds. The summed E-state index contributed by atoms with van der Waals surface area (Å²) in [7, 11) is 1.69. The molecule has 1 aliphatic carbocycles. The highest BCUT2D eigenvalue weighted by Gasteiger charge is 2.39. The number of ether oxygens (including phenoxy) is 1. The Hall–Kier alpha value is -1.15. The summed E-state index contributed by atoms with van der Waals surface area (Å²) < 4.78 is 5.71. The molecule has 1 saturated carbocycles. The number of carbonyl (C=O) groups excluding carboxylic acids is 1. The fraction of sp³-hybridized carbons (Fsp3) is 0.588. The van der Waals surface area contributed by atoms with E-state index < -0.39 is 5.60 Å². The molecule has 0 N–H and O–H groups in total. The third-order valence-electron chi connectivity index (χ3n) is 4.34. The van der Waals surface area contributed by atoms with E-state index in [0.29, 0.717) is 0 Å². The van der Waals surface area contributed by atoms with E-state index >= 15 is 0 Å². The average Bonchev–Trinajstić information content (AvgIpc) is 2.64. The Morgan fingerprint density at radius 2 is 1.74 bits per heavy atom. The lowest BCUT2D eigenvalue weighted by Gasteiger charge is -2.30. The molecule has 0 heterocycles. The molecule has 1 aromatic rings. The predicted octanol–water partition coefficient (Wildman–Crippen LogP) is 4.23. The number of hydrogen-bond acceptors (Lipinski definition) is 2. The Kier molecular flexibility index (Phi) is 4.41. The van der Waals surface area contributed by atoms with Gasteiger partial charge in [-0.3, -0.25) is 4.79 Å². The molecule has 2 rings (SSSR count). The van der Waals surface area contributed by atoms with Crippen LogP contribution in [-0.4, -0.2) is 18.5 Å². The summed E-state index contributed by atoms with van der Waals surface area (Å²) in [4.78, 5) is 12.9. The molecule has 0 unspecified atom stereocenters. The van der Waals surface area contributed by atoms with Crippen molar-refractivity contribution in [2.45, 2.75) is 58.0 Å². The van der Waals surface area contributed by atoms with Crippen molar-refractivity contribution in [3.05, 3.63) is 34.9 Å². The van der Waals surface area contributed by atoms with Gasteiger partial charge in [0.1, 0.15) is 5.60 Å². The van der Waals surface area contributed by atoms with Gasteiger partial charge >= 0.3 is 0 Å². The summed E-state index contributed by atoms with van der Waals surface area (Å²) in [6.07, 6.45) is 6.32. The van der Waals surface area contributed by atoms with Crippen molar-refractivity contribution in [3.63, 3.8) is 0 Å². The summed E-state index contributed by atoms with van der Waals surface area (Å²) in [5.74, 6) is 0.175. The molecule has 1 aliphatic rings. The maximum absolute atomic E-state index is 12.9. The molecule has 19 heavy (non-hydrogen) atoms. The number of rotatable bonds is 3. The second-order valence-electron chi connectivity index (χ2n) is 5.76. The predicted molar refractivity (Wildman–Crippen MR) is 77.7 cm³/mol. The zero-order chi connectivity index (χ0) is 13.9. The topological polar surface area (TPSA) is 26.3 Å². The van der Waals surface area contributed by atoms with Crippen molar-refractivity contribution in [3.8, 4) is 0 Å². The van der Waals surface area contributed by atoms with Gasteiger partial charge in [0.25, 0.3) is 0 Å². The lowest BCUT2D eigenvalue weighted by Crippen LogP contribution is -2.40. The van der Waals surface area contributed by atoms with Crippen LogP contribution in [0.4, 0.5) is 0 Å². The minimum absolute atomic E-state index is 0.175. The van der Waals surface area contributed by atoms with E-state index in [-0.39, 0.29) is 5.78 Å². The van der Waals surface area contributed by atoms with Gasteiger partial charge in [0, 0.05) is 12.7 Å². The van der Waals surface area contributed by atoms with E-state index in [1.807, 2.05) is 19.1 Å². The minimum Gasteiger partial charge on any atom is -0.370 e. The van der Waals surface area contributed by atoms with Gasteiger partial charge in [-0.1, -0.05) is 49.4 Å². The van der Waals surface area contributed by atoms with Crippen molar-refractivity contribution in [2.75, 3.05) is 7.11 Å². The average molecular weight is 260 g/mol. The largest absolute Gasteiger partial charge is 0.370 e. The van der Waals surface area contributed by atoms with Crippen LogP contribution in [0.3, 0.4) is 0 Å². The van der Waals surface area contributed by atoms with Gasteiger partial charge in [-0.15, -0.1) is 0 Å². The lowest BCUT2D eigenvalue weighted by molar-refractivity contribution is -0.00697. The number of ketones is 1. The quantitative estimate of drug-likeness (QED) is 0.600. The molecule has 1 fully saturated rings. The van der Waals surface area contributed by atoms with E-state index in [1.165, 1.54) is 18.4 Å². The molecule has 2 nitrogen and oxygen atoms in total. The maximum Gasteiger partial charge on any atom is 0.194 e. The standard InChI is InChI=1S/C17H24O2/c1-13-8-9-15(14(2)12-13)16(18)17(19-3)10-6-4-5-7-11-17/h8-9,12H,4-7,10-11H2,1-3H3. The summed E-state index contributed by atoms with van der Waals surface area (Å²) in [6, 6.07) is 6.05. The first-order valence-electron chi connectivity index (χ1n) is 7.26. The molecule has 0 saturated heterocycles. The molecule has 2 heteroatoms. The molecular formula is C17H24O2. The molecule has 0 aliphatic heterocycles. The SMILES string of the molecule is COC1(C(=O)c2ccc(C)cc2C)CCCCCC1. The van der Waals surface area contributed by atoms with Crippen LogP contribution in [0.2, 0.25) is 0 Å². The van der Waals surface area contributed by atoms with Crippen molar-refractivity contribution >= 4 is 5.78 Å². The summed E-state index contributed by atoms with van der Waals surface area (Å²) in [5.41, 5.74) is 2.50. The van der Waals surface area contributed by atoms with E-state index in [0.717, 1.165) is 36.8 Å². The van der Waals surface area contributed by atoms with Gasteiger partial charge in [-0.25, -0.2) is 0 Å². The Morgan fingerprint density at radius 1 is 1.11 bits per heavy atom. The van der Waals surface area contributed by atoms with Crippen LogP contribution in [0.15, 0.2) is 18.2 Å². The van der Waals surface area contributed by atoms with Crippen molar-refractivity contribution in [2.24, 2.45) is 0 Å². The second kappa shape index (κ2) is 5.87. The summed E-state index contributed by atoms with van der Waals surface area (Å²) in [6.45, 7) is 4.07. The number of Topliss-reactive ketones (excluding diaryl/α,β-unsaturated/α-hetero) is 1. The first kappa shape index (κ1) is 14.3. The van der Waals surface area contributed by atoms with Gasteiger partial charge in [0.2, 0.25) is 0 Å². The number of carbonyl (C=O) groups is 1. The highest BCUT2D eigenvalue weighted by Crippen LogP contribution is 2.33. The van der Waals surface area contributed by atoms with Gasteiger partial charge in [-0.05, 0) is 32.3 Å². The van der Waals surface area contributed by atoms with Crippen LogP contribution in [0.5, 0.6) is 0 Å². The van der Waals surface area contributed by atoms with E-state index in [2.05, 4.69) is 13.0 Å². The summed E-state index contributed by atoms with van der Waals surface area (Å²) >= 11 is 0. The second-order valence-corrected chi connectivity index (χ2v) is 5.76. The number of hydrogen-bond donors (Lipinski definition) is 0. The van der Waals surface area contributed by atoms with Crippen LogP contribution in [0.25, 0.3) is 0 Å². The Morgan fingerprint density at radius 3 is 2.26 bits per heavy atom. The van der Waals surface area contributed by atoms with Gasteiger partial charge in [-0.2, -0.15) is 0 Å². The molecule has 0 bridgehead atoms. The molecule has 0 aromatic heterocycles. The Bertz CT molecular complexity index is 454. The van der Waals surface area contributed by atoms with E-state index in [4.69, 9.17) is 4.74 Å². The fourth-order valence-electron chi connectivity index (χ4n) is 3.14.